The van der Waals surface area contributed by atoms with Crippen molar-refractivity contribution in [2.45, 2.75) is 27.7 Å². The number of hydrazone groups is 1. The van der Waals surface area contributed by atoms with Crippen LogP contribution in [0.15, 0.2) is 59.7 Å². The smallest absolute Gasteiger partial charge is 0.273 e. The first-order chi connectivity index (χ1) is 14.5. The number of nitrogens with zero attached hydrogens (tertiary/aromatic N) is 3. The molecule has 0 saturated heterocycles. The molecule has 1 heterocycles. The molecule has 30 heavy (non-hydrogen) atoms. The van der Waals surface area contributed by atoms with Gasteiger partial charge in [0.2, 0.25) is 0 Å². The summed E-state index contributed by atoms with van der Waals surface area (Å²) in [5, 5.41) is 14.3. The summed E-state index contributed by atoms with van der Waals surface area (Å²) in [5.74, 6) is -0.166. The number of hydrogen-bond donors (Lipinski definition) is 2. The SMILES string of the molecule is CCN(CC)c1ccc(/C=N/NC(=O)c2cc(C)n(-c3ccccc3)c2C)c(O)c1. The molecule has 1 amide bonds. The molecule has 0 spiro atoms. The Balaban J connectivity index is 1.74. The third-order valence-electron chi connectivity index (χ3n) is 5.20. The van der Waals surface area contributed by atoms with Crippen molar-refractivity contribution in [2.75, 3.05) is 18.0 Å². The van der Waals surface area contributed by atoms with Crippen LogP contribution in [0.3, 0.4) is 0 Å². The number of hydrogen-bond acceptors (Lipinski definition) is 4. The van der Waals surface area contributed by atoms with Crippen LogP contribution in [0.1, 0.15) is 41.2 Å². The van der Waals surface area contributed by atoms with Gasteiger partial charge in [-0.2, -0.15) is 5.10 Å². The lowest BCUT2D eigenvalue weighted by Gasteiger charge is -2.21. The van der Waals surface area contributed by atoms with E-state index in [9.17, 15) is 9.90 Å². The molecule has 3 aromatic rings. The number of anilines is 1. The van der Waals surface area contributed by atoms with E-state index in [1.165, 1.54) is 6.21 Å². The van der Waals surface area contributed by atoms with Gasteiger partial charge in [-0.1, -0.05) is 18.2 Å². The molecule has 0 atom stereocenters. The van der Waals surface area contributed by atoms with Gasteiger partial charge in [0, 0.05) is 47.5 Å². The zero-order chi connectivity index (χ0) is 21.7. The molecule has 2 aromatic carbocycles. The number of aryl methyl sites for hydroxylation is 1. The monoisotopic (exact) mass is 404 g/mol. The minimum atomic E-state index is -0.291. The van der Waals surface area contributed by atoms with Crippen LogP contribution in [0.25, 0.3) is 5.69 Å². The van der Waals surface area contributed by atoms with Gasteiger partial charge in [0.05, 0.1) is 11.8 Å². The predicted molar refractivity (Wildman–Crippen MR) is 122 cm³/mol. The number of aromatic nitrogens is 1. The molecule has 3 rings (SSSR count). The van der Waals surface area contributed by atoms with Crippen molar-refractivity contribution in [3.05, 3.63) is 77.1 Å². The third-order valence-corrected chi connectivity index (χ3v) is 5.20. The number of benzene rings is 2. The first-order valence-corrected chi connectivity index (χ1v) is 10.1. The average Bonchev–Trinajstić information content (AvgIpc) is 3.05. The minimum absolute atomic E-state index is 0.125. The van der Waals surface area contributed by atoms with Crippen molar-refractivity contribution >= 4 is 17.8 Å². The first-order valence-electron chi connectivity index (χ1n) is 10.1. The Morgan fingerprint density at radius 3 is 2.43 bits per heavy atom. The Morgan fingerprint density at radius 1 is 1.10 bits per heavy atom. The molecule has 0 aliphatic carbocycles. The van der Waals surface area contributed by atoms with Gasteiger partial charge in [-0.15, -0.1) is 0 Å². The number of aromatic hydroxyl groups is 1. The zero-order valence-electron chi connectivity index (χ0n) is 17.9. The van der Waals surface area contributed by atoms with Crippen molar-refractivity contribution in [3.8, 4) is 11.4 Å². The quantitative estimate of drug-likeness (QED) is 0.453. The molecule has 0 bridgehead atoms. The van der Waals surface area contributed by atoms with Crippen LogP contribution < -0.4 is 10.3 Å². The van der Waals surface area contributed by atoms with Gasteiger partial charge < -0.3 is 14.6 Å². The van der Waals surface area contributed by atoms with Crippen LogP contribution in [0.4, 0.5) is 5.69 Å². The predicted octanol–water partition coefficient (Wildman–Crippen LogP) is 4.41. The molecule has 6 nitrogen and oxygen atoms in total. The van der Waals surface area contributed by atoms with E-state index >= 15 is 0 Å². The van der Waals surface area contributed by atoms with Crippen LogP contribution >= 0.6 is 0 Å². The molecule has 0 saturated carbocycles. The number of rotatable bonds is 7. The van der Waals surface area contributed by atoms with Crippen LogP contribution in [-0.4, -0.2) is 34.9 Å². The fourth-order valence-corrected chi connectivity index (χ4v) is 3.61. The normalized spacial score (nSPS) is 11.1. The van der Waals surface area contributed by atoms with Gasteiger partial charge in [0.15, 0.2) is 0 Å². The second kappa shape index (κ2) is 9.31. The summed E-state index contributed by atoms with van der Waals surface area (Å²) in [6.45, 7) is 9.74. The maximum absolute atomic E-state index is 12.7. The van der Waals surface area contributed by atoms with Crippen molar-refractivity contribution in [2.24, 2.45) is 5.10 Å². The zero-order valence-corrected chi connectivity index (χ0v) is 17.9. The maximum atomic E-state index is 12.7. The highest BCUT2D eigenvalue weighted by Crippen LogP contribution is 2.24. The molecule has 1 aromatic heterocycles. The number of nitrogens with one attached hydrogen (secondary N) is 1. The third kappa shape index (κ3) is 4.38. The van der Waals surface area contributed by atoms with E-state index in [1.54, 1.807) is 12.1 Å². The summed E-state index contributed by atoms with van der Waals surface area (Å²) in [6, 6.07) is 17.2. The van der Waals surface area contributed by atoms with Crippen molar-refractivity contribution in [3.63, 3.8) is 0 Å². The standard InChI is InChI=1S/C24H28N4O2/c1-5-27(6-2)21-13-12-19(23(29)15-21)16-25-26-24(30)22-14-17(3)28(18(22)4)20-10-8-7-9-11-20/h7-16,29H,5-6H2,1-4H3,(H,26,30)/b25-16+. The lowest BCUT2D eigenvalue weighted by Crippen LogP contribution is -2.21. The van der Waals surface area contributed by atoms with E-state index < -0.39 is 0 Å². The maximum Gasteiger partial charge on any atom is 0.273 e. The van der Waals surface area contributed by atoms with Crippen LogP contribution in [-0.2, 0) is 0 Å². The number of phenols is 1. The van der Waals surface area contributed by atoms with E-state index in [1.807, 2.05) is 60.9 Å². The molecular weight excluding hydrogens is 376 g/mol. The lowest BCUT2D eigenvalue weighted by molar-refractivity contribution is 0.0954. The second-order valence-corrected chi connectivity index (χ2v) is 7.07. The number of carbonyl (C=O) groups is 1. The highest BCUT2D eigenvalue weighted by atomic mass is 16.3. The van der Waals surface area contributed by atoms with Crippen molar-refractivity contribution in [1.82, 2.24) is 9.99 Å². The summed E-state index contributed by atoms with van der Waals surface area (Å²) in [4.78, 5) is 14.8. The Morgan fingerprint density at radius 2 is 1.80 bits per heavy atom. The van der Waals surface area contributed by atoms with Crippen LogP contribution in [0.5, 0.6) is 5.75 Å². The summed E-state index contributed by atoms with van der Waals surface area (Å²) in [6.07, 6.45) is 1.45. The molecule has 0 aliphatic heterocycles. The molecule has 0 fully saturated rings. The highest BCUT2D eigenvalue weighted by molar-refractivity contribution is 5.96. The van der Waals surface area contributed by atoms with Crippen molar-refractivity contribution < 1.29 is 9.90 Å². The number of para-hydroxylation sites is 1. The first kappa shape index (κ1) is 21.2. The Labute approximate surface area is 177 Å². The van der Waals surface area contributed by atoms with Gasteiger partial charge in [-0.05, 0) is 58.0 Å². The molecule has 156 valence electrons. The van der Waals surface area contributed by atoms with Crippen molar-refractivity contribution in [1.29, 1.82) is 0 Å². The molecule has 0 aliphatic rings. The van der Waals surface area contributed by atoms with E-state index in [0.717, 1.165) is 35.9 Å². The number of amides is 1. The number of carbonyl (C=O) groups excluding carboxylic acids is 1. The van der Waals surface area contributed by atoms with Crippen LogP contribution in [0.2, 0.25) is 0 Å². The van der Waals surface area contributed by atoms with E-state index in [4.69, 9.17) is 0 Å². The van der Waals surface area contributed by atoms with Gasteiger partial charge in [-0.25, -0.2) is 5.43 Å². The molecular formula is C24H28N4O2. The summed E-state index contributed by atoms with van der Waals surface area (Å²) >= 11 is 0. The Hall–Kier alpha value is -3.54. The van der Waals surface area contributed by atoms with E-state index in [0.29, 0.717) is 11.1 Å². The summed E-state index contributed by atoms with van der Waals surface area (Å²) in [7, 11) is 0. The Kier molecular flexibility index (Phi) is 6.57. The molecule has 0 unspecified atom stereocenters. The van der Waals surface area contributed by atoms with Gasteiger partial charge in [0.25, 0.3) is 5.91 Å². The van der Waals surface area contributed by atoms with E-state index in [2.05, 4.69) is 29.3 Å². The average molecular weight is 405 g/mol. The highest BCUT2D eigenvalue weighted by Gasteiger charge is 2.16. The van der Waals surface area contributed by atoms with Gasteiger partial charge in [-0.3, -0.25) is 4.79 Å². The fraction of sp³-hybridized carbons (Fsp3) is 0.250. The fourth-order valence-electron chi connectivity index (χ4n) is 3.61. The molecule has 2 N–H and O–H groups in total. The Bertz CT molecular complexity index is 1050. The molecule has 0 radical (unpaired) electrons. The summed E-state index contributed by atoms with van der Waals surface area (Å²) in [5.41, 5.74) is 7.44. The largest absolute Gasteiger partial charge is 0.507 e. The van der Waals surface area contributed by atoms with Gasteiger partial charge >= 0.3 is 0 Å². The van der Waals surface area contributed by atoms with E-state index in [-0.39, 0.29) is 11.7 Å². The van der Waals surface area contributed by atoms with Gasteiger partial charge in [0.1, 0.15) is 5.75 Å². The minimum Gasteiger partial charge on any atom is -0.507 e. The lowest BCUT2D eigenvalue weighted by atomic mass is 10.2. The second-order valence-electron chi connectivity index (χ2n) is 7.07. The number of phenolic OH excluding ortho intramolecular Hbond substituents is 1. The summed E-state index contributed by atoms with van der Waals surface area (Å²) < 4.78 is 2.04. The topological polar surface area (TPSA) is 69.9 Å². The molecule has 6 heteroatoms. The van der Waals surface area contributed by atoms with Crippen LogP contribution in [0, 0.1) is 13.8 Å².